The van der Waals surface area contributed by atoms with Gasteiger partial charge in [-0.25, -0.2) is 13.1 Å². The molecule has 0 radical (unpaired) electrons. The maximum atomic E-state index is 13.5. The van der Waals surface area contributed by atoms with Crippen molar-refractivity contribution in [2.45, 2.75) is 52.0 Å². The number of nitrogens with one attached hydrogen (secondary N) is 1. The van der Waals surface area contributed by atoms with E-state index in [1.165, 1.54) is 15.2 Å². The van der Waals surface area contributed by atoms with Crippen molar-refractivity contribution in [1.82, 2.24) is 14.1 Å². The van der Waals surface area contributed by atoms with Gasteiger partial charge in [0, 0.05) is 30.0 Å². The lowest BCUT2D eigenvalue weighted by molar-refractivity contribution is 0.0852. The molecular weight excluding hydrogens is 388 g/mol. The summed E-state index contributed by atoms with van der Waals surface area (Å²) in [5.41, 5.74) is 4.86. The highest BCUT2D eigenvalue weighted by Gasteiger charge is 2.44. The van der Waals surface area contributed by atoms with Gasteiger partial charge in [-0.15, -0.1) is 0 Å². The normalized spacial score (nSPS) is 21.2. The summed E-state index contributed by atoms with van der Waals surface area (Å²) in [6, 6.07) is 6.03. The lowest BCUT2D eigenvalue weighted by atomic mass is 9.88. The summed E-state index contributed by atoms with van der Waals surface area (Å²) in [5, 5.41) is 8.09. The van der Waals surface area contributed by atoms with Gasteiger partial charge in [0.1, 0.15) is 0 Å². The Morgan fingerprint density at radius 2 is 2.00 bits per heavy atom. The number of fused-ring (bicyclic) bond motifs is 2. The number of sulfonamides is 1. The molecule has 0 fully saturated rings. The maximum absolute atomic E-state index is 13.5. The van der Waals surface area contributed by atoms with Crippen LogP contribution in [0.25, 0.3) is 0 Å². The average molecular weight is 417 g/mol. The minimum Gasteiger partial charge on any atom is -0.385 e. The molecule has 1 aromatic heterocycles. The Morgan fingerprint density at radius 1 is 1.28 bits per heavy atom. The molecule has 0 spiro atoms. The molecule has 0 bridgehead atoms. The molecule has 29 heavy (non-hydrogen) atoms. The third-order valence-corrected chi connectivity index (χ3v) is 7.77. The first-order chi connectivity index (χ1) is 13.5. The number of para-hydroxylation sites is 1. The van der Waals surface area contributed by atoms with Crippen LogP contribution in [0.1, 0.15) is 59.1 Å². The first-order valence-corrected chi connectivity index (χ1v) is 11.8. The van der Waals surface area contributed by atoms with Crippen molar-refractivity contribution < 1.29 is 13.2 Å². The molecule has 1 atom stereocenters. The summed E-state index contributed by atoms with van der Waals surface area (Å²) in [5.74, 6) is -0.313. The minimum absolute atomic E-state index is 0.0491. The topological polar surface area (TPSA) is 84.3 Å². The molecular formula is C21H28N4O3S. The number of hydrogen-bond acceptors (Lipinski definition) is 5. The fraction of sp³-hybridized carbons (Fsp3) is 0.524. The molecule has 0 saturated heterocycles. The molecule has 7 nitrogen and oxygen atoms in total. The highest BCUT2D eigenvalue weighted by molar-refractivity contribution is 7.88. The Balaban J connectivity index is 1.77. The van der Waals surface area contributed by atoms with E-state index in [0.29, 0.717) is 25.1 Å². The Morgan fingerprint density at radius 3 is 2.69 bits per heavy atom. The van der Waals surface area contributed by atoms with Crippen LogP contribution in [0.15, 0.2) is 18.2 Å². The number of nitrogens with zero attached hydrogens (tertiary/aromatic N) is 3. The van der Waals surface area contributed by atoms with Gasteiger partial charge in [0.15, 0.2) is 0 Å². The SMILES string of the molecule is Cc1cccc2c1NCCC2C(=O)n1nc2c(c1C)CCN(S(C)(=O)=O)C2(C)C. The summed E-state index contributed by atoms with van der Waals surface area (Å²) >= 11 is 0. The lowest BCUT2D eigenvalue weighted by Gasteiger charge is -2.39. The second-order valence-corrected chi connectivity index (χ2v) is 10.5. The van der Waals surface area contributed by atoms with Crippen molar-refractivity contribution in [3.05, 3.63) is 46.3 Å². The molecule has 0 aliphatic carbocycles. The van der Waals surface area contributed by atoms with Crippen molar-refractivity contribution in [1.29, 1.82) is 0 Å². The number of aryl methyl sites for hydroxylation is 1. The largest absolute Gasteiger partial charge is 0.385 e. The molecule has 8 heteroatoms. The van der Waals surface area contributed by atoms with Crippen LogP contribution in [0.4, 0.5) is 5.69 Å². The van der Waals surface area contributed by atoms with Gasteiger partial charge in [0.05, 0.1) is 23.4 Å². The molecule has 2 aliphatic rings. The third-order valence-electron chi connectivity index (χ3n) is 6.33. The molecule has 1 N–H and O–H groups in total. The molecule has 0 amide bonds. The van der Waals surface area contributed by atoms with Crippen LogP contribution < -0.4 is 5.32 Å². The number of carbonyl (C=O) groups excluding carboxylic acids is 1. The lowest BCUT2D eigenvalue weighted by Crippen LogP contribution is -2.49. The average Bonchev–Trinajstić information content (AvgIpc) is 2.98. The predicted octanol–water partition coefficient (Wildman–Crippen LogP) is 2.79. The van der Waals surface area contributed by atoms with E-state index < -0.39 is 15.6 Å². The van der Waals surface area contributed by atoms with E-state index in [-0.39, 0.29) is 11.8 Å². The van der Waals surface area contributed by atoms with Crippen LogP contribution >= 0.6 is 0 Å². The first-order valence-electron chi connectivity index (χ1n) is 9.98. The molecule has 1 aromatic carbocycles. The molecule has 3 heterocycles. The Kier molecular flexibility index (Phi) is 4.62. The van der Waals surface area contributed by atoms with Crippen molar-refractivity contribution in [3.8, 4) is 0 Å². The minimum atomic E-state index is -3.37. The fourth-order valence-corrected chi connectivity index (χ4v) is 6.19. The van der Waals surface area contributed by atoms with Crippen LogP contribution in [0, 0.1) is 13.8 Å². The molecule has 0 saturated carbocycles. The van der Waals surface area contributed by atoms with Crippen LogP contribution in [0.2, 0.25) is 0 Å². The number of hydrogen-bond donors (Lipinski definition) is 1. The smallest absolute Gasteiger partial charge is 0.254 e. The quantitative estimate of drug-likeness (QED) is 0.814. The predicted molar refractivity (Wildman–Crippen MR) is 113 cm³/mol. The maximum Gasteiger partial charge on any atom is 0.254 e. The highest BCUT2D eigenvalue weighted by Crippen LogP contribution is 2.39. The van der Waals surface area contributed by atoms with Gasteiger partial charge in [-0.05, 0) is 51.7 Å². The Labute approximate surface area is 172 Å². The summed E-state index contributed by atoms with van der Waals surface area (Å²) in [6.07, 6.45) is 2.49. The first kappa shape index (κ1) is 20.1. The summed E-state index contributed by atoms with van der Waals surface area (Å²) in [6.45, 7) is 8.80. The van der Waals surface area contributed by atoms with Gasteiger partial charge in [-0.1, -0.05) is 18.2 Å². The Hall–Kier alpha value is -2.19. The van der Waals surface area contributed by atoms with Gasteiger partial charge in [0.25, 0.3) is 5.91 Å². The van der Waals surface area contributed by atoms with E-state index in [1.807, 2.05) is 45.9 Å². The van der Waals surface area contributed by atoms with Crippen LogP contribution in [0.5, 0.6) is 0 Å². The van der Waals surface area contributed by atoms with Crippen molar-refractivity contribution in [3.63, 3.8) is 0 Å². The van der Waals surface area contributed by atoms with E-state index >= 15 is 0 Å². The van der Waals surface area contributed by atoms with Crippen molar-refractivity contribution in [2.24, 2.45) is 0 Å². The van der Waals surface area contributed by atoms with E-state index in [1.54, 1.807) is 0 Å². The van der Waals surface area contributed by atoms with Crippen LogP contribution in [-0.2, 0) is 22.0 Å². The van der Waals surface area contributed by atoms with E-state index in [4.69, 9.17) is 0 Å². The number of carbonyl (C=O) groups is 1. The van der Waals surface area contributed by atoms with Crippen molar-refractivity contribution >= 4 is 21.6 Å². The number of benzene rings is 1. The molecule has 4 rings (SSSR count). The summed E-state index contributed by atoms with van der Waals surface area (Å²) in [4.78, 5) is 13.5. The number of anilines is 1. The zero-order valence-electron chi connectivity index (χ0n) is 17.6. The van der Waals surface area contributed by atoms with Gasteiger partial charge in [-0.3, -0.25) is 4.79 Å². The van der Waals surface area contributed by atoms with E-state index in [9.17, 15) is 13.2 Å². The highest BCUT2D eigenvalue weighted by atomic mass is 32.2. The zero-order valence-corrected chi connectivity index (χ0v) is 18.4. The van der Waals surface area contributed by atoms with Gasteiger partial charge >= 0.3 is 0 Å². The second kappa shape index (κ2) is 6.67. The summed E-state index contributed by atoms with van der Waals surface area (Å²) < 4.78 is 27.5. The molecule has 1 unspecified atom stereocenters. The van der Waals surface area contributed by atoms with Gasteiger partial charge in [-0.2, -0.15) is 9.40 Å². The zero-order chi connectivity index (χ0) is 21.1. The fourth-order valence-electron chi connectivity index (χ4n) is 4.85. The van der Waals surface area contributed by atoms with Gasteiger partial charge < -0.3 is 5.32 Å². The Bertz CT molecular complexity index is 1100. The molecule has 2 aromatic rings. The van der Waals surface area contributed by atoms with Crippen LogP contribution in [-0.4, -0.2) is 47.8 Å². The van der Waals surface area contributed by atoms with Crippen LogP contribution in [0.3, 0.4) is 0 Å². The monoisotopic (exact) mass is 416 g/mol. The number of rotatable bonds is 2. The van der Waals surface area contributed by atoms with E-state index in [2.05, 4.69) is 10.4 Å². The standard InChI is InChI=1S/C21H28N4O3S/c1-13-7-6-8-16-17(9-11-22-18(13)16)20(26)25-14(2)15-10-12-24(29(5,27)28)21(3,4)19(15)23-25/h6-8,17,22H,9-12H2,1-5H3. The van der Waals surface area contributed by atoms with E-state index in [0.717, 1.165) is 34.6 Å². The van der Waals surface area contributed by atoms with Crippen molar-refractivity contribution in [2.75, 3.05) is 24.7 Å². The summed E-state index contributed by atoms with van der Waals surface area (Å²) in [7, 11) is -3.37. The third kappa shape index (κ3) is 3.09. The van der Waals surface area contributed by atoms with Gasteiger partial charge in [0.2, 0.25) is 10.0 Å². The number of aromatic nitrogens is 2. The second-order valence-electron chi connectivity index (χ2n) is 8.61. The molecule has 156 valence electrons. The molecule has 2 aliphatic heterocycles.